The number of para-hydroxylation sites is 1. The highest BCUT2D eigenvalue weighted by molar-refractivity contribution is 5.84. The highest BCUT2D eigenvalue weighted by atomic mass is 16.4. The van der Waals surface area contributed by atoms with Gasteiger partial charge in [-0.05, 0) is 24.6 Å². The van der Waals surface area contributed by atoms with Gasteiger partial charge in [0.15, 0.2) is 5.60 Å². The van der Waals surface area contributed by atoms with Crippen molar-refractivity contribution in [1.29, 1.82) is 0 Å². The number of hydrogen-bond acceptors (Lipinski definition) is 3. The van der Waals surface area contributed by atoms with Crippen LogP contribution in [0.1, 0.15) is 12.5 Å². The average molecular weight is 231 g/mol. The molecule has 88 valence electrons. The minimum absolute atomic E-state index is 0.0609. The van der Waals surface area contributed by atoms with Gasteiger partial charge in [0.1, 0.15) is 0 Å². The Bertz CT molecular complexity index is 558. The summed E-state index contributed by atoms with van der Waals surface area (Å²) < 4.78 is 0. The molecule has 17 heavy (non-hydrogen) atoms. The largest absolute Gasteiger partial charge is 0.479 e. The molecular weight excluding hydrogens is 218 g/mol. The summed E-state index contributed by atoms with van der Waals surface area (Å²) in [5, 5.41) is 19.6. The van der Waals surface area contributed by atoms with Gasteiger partial charge < -0.3 is 10.2 Å². The van der Waals surface area contributed by atoms with Gasteiger partial charge in [-0.1, -0.05) is 18.2 Å². The molecule has 0 saturated carbocycles. The second-order valence-corrected chi connectivity index (χ2v) is 4.24. The molecule has 1 aromatic carbocycles. The van der Waals surface area contributed by atoms with Crippen molar-refractivity contribution in [2.24, 2.45) is 0 Å². The van der Waals surface area contributed by atoms with E-state index in [1.54, 1.807) is 12.3 Å². The van der Waals surface area contributed by atoms with Crippen LogP contribution in [0.4, 0.5) is 0 Å². The smallest absolute Gasteiger partial charge is 0.335 e. The van der Waals surface area contributed by atoms with Gasteiger partial charge in [-0.2, -0.15) is 0 Å². The first kappa shape index (κ1) is 11.5. The van der Waals surface area contributed by atoms with Gasteiger partial charge in [0.2, 0.25) is 0 Å². The molecule has 0 aliphatic heterocycles. The van der Waals surface area contributed by atoms with E-state index in [0.29, 0.717) is 0 Å². The number of aromatic nitrogens is 1. The van der Waals surface area contributed by atoms with E-state index >= 15 is 0 Å². The lowest BCUT2D eigenvalue weighted by Crippen LogP contribution is -2.37. The second kappa shape index (κ2) is 4.14. The molecule has 0 aliphatic carbocycles. The first-order chi connectivity index (χ1) is 8.00. The third-order valence-electron chi connectivity index (χ3n) is 2.73. The Labute approximate surface area is 98.5 Å². The first-order valence-corrected chi connectivity index (χ1v) is 5.29. The lowest BCUT2D eigenvalue weighted by molar-refractivity contribution is -0.156. The Morgan fingerprint density at radius 1 is 1.35 bits per heavy atom. The fraction of sp³-hybridized carbons (Fsp3) is 0.231. The van der Waals surface area contributed by atoms with Gasteiger partial charge >= 0.3 is 5.97 Å². The molecule has 1 aromatic heterocycles. The van der Waals surface area contributed by atoms with Crippen LogP contribution in [0.3, 0.4) is 0 Å². The molecule has 1 atom stereocenters. The SMILES string of the molecule is CC(O)(Cc1ccnc2ccccc12)C(=O)O. The summed E-state index contributed by atoms with van der Waals surface area (Å²) in [6.07, 6.45) is 1.68. The molecule has 0 fully saturated rings. The predicted octanol–water partition coefficient (Wildman–Crippen LogP) is 1.61. The number of benzene rings is 1. The number of aliphatic hydroxyl groups is 1. The summed E-state index contributed by atoms with van der Waals surface area (Å²) in [6, 6.07) is 9.20. The lowest BCUT2D eigenvalue weighted by Gasteiger charge is -2.18. The van der Waals surface area contributed by atoms with E-state index in [1.165, 1.54) is 6.92 Å². The number of pyridine rings is 1. The molecule has 1 heterocycles. The van der Waals surface area contributed by atoms with Crippen molar-refractivity contribution < 1.29 is 15.0 Å². The summed E-state index contributed by atoms with van der Waals surface area (Å²) in [5.41, 5.74) is -0.182. The zero-order valence-electron chi connectivity index (χ0n) is 9.42. The van der Waals surface area contributed by atoms with Crippen molar-refractivity contribution >= 4 is 16.9 Å². The average Bonchev–Trinajstić information content (AvgIpc) is 2.29. The Balaban J connectivity index is 2.46. The molecule has 0 spiro atoms. The van der Waals surface area contributed by atoms with Crippen molar-refractivity contribution in [2.75, 3.05) is 0 Å². The van der Waals surface area contributed by atoms with Crippen molar-refractivity contribution in [1.82, 2.24) is 4.98 Å². The first-order valence-electron chi connectivity index (χ1n) is 5.29. The van der Waals surface area contributed by atoms with E-state index in [-0.39, 0.29) is 6.42 Å². The number of nitrogens with zero attached hydrogens (tertiary/aromatic N) is 1. The Morgan fingerprint density at radius 2 is 2.06 bits per heavy atom. The molecule has 0 radical (unpaired) electrons. The lowest BCUT2D eigenvalue weighted by atomic mass is 9.94. The maximum absolute atomic E-state index is 10.9. The molecule has 1 unspecified atom stereocenters. The third-order valence-corrected chi connectivity index (χ3v) is 2.73. The van der Waals surface area contributed by atoms with Crippen LogP contribution in [0.15, 0.2) is 36.5 Å². The number of carbonyl (C=O) groups is 1. The van der Waals surface area contributed by atoms with Crippen molar-refractivity contribution in [3.05, 3.63) is 42.1 Å². The van der Waals surface area contributed by atoms with Crippen molar-refractivity contribution in [3.8, 4) is 0 Å². The Morgan fingerprint density at radius 3 is 2.76 bits per heavy atom. The molecule has 0 aliphatic rings. The van der Waals surface area contributed by atoms with Crippen LogP contribution in [-0.2, 0) is 11.2 Å². The van der Waals surface area contributed by atoms with Gasteiger partial charge in [-0.25, -0.2) is 4.79 Å². The van der Waals surface area contributed by atoms with Gasteiger partial charge in [0.25, 0.3) is 0 Å². The molecular formula is C13H13NO3. The molecule has 0 saturated heterocycles. The fourth-order valence-corrected chi connectivity index (χ4v) is 1.76. The minimum atomic E-state index is -1.76. The zero-order valence-corrected chi connectivity index (χ0v) is 9.42. The molecule has 2 N–H and O–H groups in total. The third kappa shape index (κ3) is 2.26. The zero-order chi connectivity index (χ0) is 12.5. The predicted molar refractivity (Wildman–Crippen MR) is 63.7 cm³/mol. The van der Waals surface area contributed by atoms with Crippen LogP contribution in [0, 0.1) is 0 Å². The van der Waals surface area contributed by atoms with E-state index in [2.05, 4.69) is 4.98 Å². The van der Waals surface area contributed by atoms with Crippen LogP contribution in [0.2, 0.25) is 0 Å². The van der Waals surface area contributed by atoms with E-state index in [0.717, 1.165) is 16.5 Å². The van der Waals surface area contributed by atoms with Crippen molar-refractivity contribution in [3.63, 3.8) is 0 Å². The maximum Gasteiger partial charge on any atom is 0.335 e. The normalized spacial score (nSPS) is 14.5. The number of aliphatic carboxylic acids is 1. The highest BCUT2D eigenvalue weighted by Gasteiger charge is 2.30. The molecule has 4 heteroatoms. The van der Waals surface area contributed by atoms with E-state index in [4.69, 9.17) is 5.11 Å². The standard InChI is InChI=1S/C13H13NO3/c1-13(17,12(15)16)8-9-6-7-14-11-5-3-2-4-10(9)11/h2-7,17H,8H2,1H3,(H,15,16). The van der Waals surface area contributed by atoms with Crippen LogP contribution in [0.25, 0.3) is 10.9 Å². The molecule has 0 amide bonds. The molecule has 0 bridgehead atoms. The number of carboxylic acids is 1. The Hall–Kier alpha value is -1.94. The van der Waals surface area contributed by atoms with E-state index in [1.807, 2.05) is 24.3 Å². The Kier molecular flexibility index (Phi) is 2.81. The van der Waals surface area contributed by atoms with Gasteiger partial charge in [-0.3, -0.25) is 4.98 Å². The minimum Gasteiger partial charge on any atom is -0.479 e. The summed E-state index contributed by atoms with van der Waals surface area (Å²) in [7, 11) is 0. The summed E-state index contributed by atoms with van der Waals surface area (Å²) in [5.74, 6) is -1.22. The topological polar surface area (TPSA) is 70.4 Å². The summed E-state index contributed by atoms with van der Waals surface area (Å²) in [4.78, 5) is 15.1. The number of rotatable bonds is 3. The van der Waals surface area contributed by atoms with Crippen LogP contribution >= 0.6 is 0 Å². The quantitative estimate of drug-likeness (QED) is 0.842. The number of hydrogen-bond donors (Lipinski definition) is 2. The van der Waals surface area contributed by atoms with E-state index < -0.39 is 11.6 Å². The van der Waals surface area contributed by atoms with Crippen molar-refractivity contribution in [2.45, 2.75) is 18.9 Å². The monoisotopic (exact) mass is 231 g/mol. The van der Waals surface area contributed by atoms with Gasteiger partial charge in [0, 0.05) is 18.0 Å². The summed E-state index contributed by atoms with van der Waals surface area (Å²) >= 11 is 0. The maximum atomic E-state index is 10.9. The van der Waals surface area contributed by atoms with Crippen LogP contribution in [0.5, 0.6) is 0 Å². The fourth-order valence-electron chi connectivity index (χ4n) is 1.76. The molecule has 2 rings (SSSR count). The van der Waals surface area contributed by atoms with Gasteiger partial charge in [-0.15, -0.1) is 0 Å². The summed E-state index contributed by atoms with van der Waals surface area (Å²) in [6.45, 7) is 1.30. The van der Waals surface area contributed by atoms with Gasteiger partial charge in [0.05, 0.1) is 5.52 Å². The second-order valence-electron chi connectivity index (χ2n) is 4.24. The van der Waals surface area contributed by atoms with Crippen LogP contribution < -0.4 is 0 Å². The van der Waals surface area contributed by atoms with E-state index in [9.17, 15) is 9.90 Å². The number of fused-ring (bicyclic) bond motifs is 1. The molecule has 4 nitrogen and oxygen atoms in total. The molecule has 2 aromatic rings. The highest BCUT2D eigenvalue weighted by Crippen LogP contribution is 2.21. The van der Waals surface area contributed by atoms with Crippen LogP contribution in [-0.4, -0.2) is 26.8 Å². The number of carboxylic acid groups (broad SMARTS) is 1.